The summed E-state index contributed by atoms with van der Waals surface area (Å²) in [6, 6.07) is 4.60. The maximum absolute atomic E-state index is 12.1. The van der Waals surface area contributed by atoms with Crippen LogP contribution in [0.15, 0.2) is 18.2 Å². The van der Waals surface area contributed by atoms with E-state index >= 15 is 0 Å². The van der Waals surface area contributed by atoms with Crippen molar-refractivity contribution < 1.29 is 9.72 Å². The number of carbonyl (C=O) groups excluding carboxylic acids is 1. The van der Waals surface area contributed by atoms with E-state index in [2.05, 4.69) is 10.6 Å². The Morgan fingerprint density at radius 2 is 2.21 bits per heavy atom. The van der Waals surface area contributed by atoms with E-state index in [9.17, 15) is 14.9 Å². The highest BCUT2D eigenvalue weighted by Crippen LogP contribution is 2.28. The van der Waals surface area contributed by atoms with Gasteiger partial charge in [-0.2, -0.15) is 11.8 Å². The lowest BCUT2D eigenvalue weighted by Gasteiger charge is -2.13. The normalized spacial score (nSPS) is 11.7. The average molecular weight is 283 g/mol. The van der Waals surface area contributed by atoms with E-state index in [0.717, 1.165) is 5.75 Å². The lowest BCUT2D eigenvalue weighted by molar-refractivity contribution is -0.384. The Hall–Kier alpha value is -1.76. The van der Waals surface area contributed by atoms with E-state index in [-0.39, 0.29) is 17.3 Å². The third kappa shape index (κ3) is 3.85. The van der Waals surface area contributed by atoms with Crippen molar-refractivity contribution in [3.63, 3.8) is 0 Å². The van der Waals surface area contributed by atoms with Gasteiger partial charge in [-0.25, -0.2) is 0 Å². The molecular weight excluding hydrogens is 266 g/mol. The largest absolute Gasteiger partial charge is 0.383 e. The Kier molecular flexibility index (Phi) is 5.62. The number of rotatable bonds is 6. The number of thioether (sulfide) groups is 1. The summed E-state index contributed by atoms with van der Waals surface area (Å²) in [5.41, 5.74) is 0.207. The predicted molar refractivity (Wildman–Crippen MR) is 78.0 cm³/mol. The molecule has 0 aliphatic carbocycles. The van der Waals surface area contributed by atoms with Gasteiger partial charge in [-0.3, -0.25) is 14.9 Å². The molecule has 0 saturated carbocycles. The molecular formula is C12H17N3O3S. The van der Waals surface area contributed by atoms with Gasteiger partial charge in [0.15, 0.2) is 0 Å². The molecule has 7 heteroatoms. The lowest BCUT2D eigenvalue weighted by Crippen LogP contribution is -2.34. The Morgan fingerprint density at radius 1 is 1.53 bits per heavy atom. The SMILES string of the molecule is CNc1cccc(C(=O)NC(C)CSC)c1[N+](=O)[O-]. The molecule has 0 fully saturated rings. The van der Waals surface area contributed by atoms with Crippen LogP contribution in [0, 0.1) is 10.1 Å². The molecule has 0 aliphatic heterocycles. The van der Waals surface area contributed by atoms with Crippen LogP contribution in [0.2, 0.25) is 0 Å². The van der Waals surface area contributed by atoms with Gasteiger partial charge in [-0.05, 0) is 25.3 Å². The first kappa shape index (κ1) is 15.3. The maximum Gasteiger partial charge on any atom is 0.305 e. The van der Waals surface area contributed by atoms with Crippen molar-refractivity contribution in [3.05, 3.63) is 33.9 Å². The number of anilines is 1. The number of nitro benzene ring substituents is 1. The molecule has 0 spiro atoms. The molecule has 0 saturated heterocycles. The first-order valence-electron chi connectivity index (χ1n) is 5.76. The fourth-order valence-electron chi connectivity index (χ4n) is 1.72. The molecule has 1 rings (SSSR count). The molecule has 0 heterocycles. The molecule has 6 nitrogen and oxygen atoms in total. The monoisotopic (exact) mass is 283 g/mol. The second-order valence-corrected chi connectivity index (χ2v) is 4.95. The summed E-state index contributed by atoms with van der Waals surface area (Å²) in [5, 5.41) is 16.6. The van der Waals surface area contributed by atoms with Crippen molar-refractivity contribution >= 4 is 29.0 Å². The summed E-state index contributed by atoms with van der Waals surface area (Å²) in [4.78, 5) is 22.6. The van der Waals surface area contributed by atoms with Gasteiger partial charge in [0, 0.05) is 18.8 Å². The maximum atomic E-state index is 12.1. The third-order valence-electron chi connectivity index (χ3n) is 2.53. The average Bonchev–Trinajstić information content (AvgIpc) is 2.37. The van der Waals surface area contributed by atoms with E-state index in [1.54, 1.807) is 30.9 Å². The zero-order valence-electron chi connectivity index (χ0n) is 11.1. The summed E-state index contributed by atoms with van der Waals surface area (Å²) in [7, 11) is 1.58. The number of nitro groups is 1. The van der Waals surface area contributed by atoms with Gasteiger partial charge in [0.05, 0.1) is 4.92 Å². The zero-order chi connectivity index (χ0) is 14.4. The minimum absolute atomic E-state index is 0.0413. The number of para-hydroxylation sites is 1. The summed E-state index contributed by atoms with van der Waals surface area (Å²) in [6.45, 7) is 1.86. The van der Waals surface area contributed by atoms with E-state index in [4.69, 9.17) is 0 Å². The number of hydrogen-bond acceptors (Lipinski definition) is 5. The Bertz CT molecular complexity index is 479. The molecule has 2 N–H and O–H groups in total. The Balaban J connectivity index is 3.06. The van der Waals surface area contributed by atoms with Crippen molar-refractivity contribution in [1.29, 1.82) is 0 Å². The smallest absolute Gasteiger partial charge is 0.305 e. The molecule has 1 unspecified atom stereocenters. The Labute approximate surface area is 116 Å². The minimum Gasteiger partial charge on any atom is -0.383 e. The molecule has 0 aromatic heterocycles. The van der Waals surface area contributed by atoms with Crippen LogP contribution < -0.4 is 10.6 Å². The summed E-state index contributed by atoms with van der Waals surface area (Å²) < 4.78 is 0. The van der Waals surface area contributed by atoms with Crippen molar-refractivity contribution in [2.75, 3.05) is 24.4 Å². The van der Waals surface area contributed by atoms with Crippen molar-refractivity contribution in [2.45, 2.75) is 13.0 Å². The van der Waals surface area contributed by atoms with E-state index in [0.29, 0.717) is 5.69 Å². The topological polar surface area (TPSA) is 84.3 Å². The highest BCUT2D eigenvalue weighted by atomic mass is 32.2. The molecule has 0 radical (unpaired) electrons. The third-order valence-corrected chi connectivity index (χ3v) is 3.36. The van der Waals surface area contributed by atoms with Gasteiger partial charge < -0.3 is 10.6 Å². The Morgan fingerprint density at radius 3 is 2.74 bits per heavy atom. The zero-order valence-corrected chi connectivity index (χ0v) is 11.9. The van der Waals surface area contributed by atoms with Crippen molar-refractivity contribution in [3.8, 4) is 0 Å². The first-order chi connectivity index (χ1) is 9.01. The molecule has 19 heavy (non-hydrogen) atoms. The van der Waals surface area contributed by atoms with Crippen molar-refractivity contribution in [2.24, 2.45) is 0 Å². The van der Waals surface area contributed by atoms with Gasteiger partial charge in [0.1, 0.15) is 11.3 Å². The van der Waals surface area contributed by atoms with Gasteiger partial charge in [-0.1, -0.05) is 6.07 Å². The number of nitrogens with one attached hydrogen (secondary N) is 2. The number of benzene rings is 1. The standard InChI is InChI=1S/C12H17N3O3S/c1-8(7-19-3)14-12(16)9-5-4-6-10(13-2)11(9)15(17)18/h4-6,8,13H,7H2,1-3H3,(H,14,16). The summed E-state index contributed by atoms with van der Waals surface area (Å²) >= 11 is 1.60. The molecule has 1 aromatic carbocycles. The fraction of sp³-hybridized carbons (Fsp3) is 0.417. The van der Waals surface area contributed by atoms with Crippen LogP contribution in [0.4, 0.5) is 11.4 Å². The van der Waals surface area contributed by atoms with E-state index in [1.807, 2.05) is 13.2 Å². The van der Waals surface area contributed by atoms with Gasteiger partial charge in [0.2, 0.25) is 0 Å². The molecule has 1 amide bonds. The number of hydrogen-bond donors (Lipinski definition) is 2. The van der Waals surface area contributed by atoms with Gasteiger partial charge >= 0.3 is 5.69 Å². The molecule has 1 aromatic rings. The van der Waals surface area contributed by atoms with Crippen LogP contribution in [0.3, 0.4) is 0 Å². The number of carbonyl (C=O) groups is 1. The summed E-state index contributed by atoms with van der Waals surface area (Å²) in [6.07, 6.45) is 1.94. The quantitative estimate of drug-likeness (QED) is 0.617. The van der Waals surface area contributed by atoms with E-state index < -0.39 is 10.8 Å². The number of nitrogens with zero attached hydrogens (tertiary/aromatic N) is 1. The lowest BCUT2D eigenvalue weighted by atomic mass is 10.1. The second kappa shape index (κ2) is 6.98. The minimum atomic E-state index is -0.542. The van der Waals surface area contributed by atoms with Gasteiger partial charge in [0.25, 0.3) is 5.91 Å². The molecule has 0 aliphatic rings. The van der Waals surface area contributed by atoms with Crippen LogP contribution in [0.1, 0.15) is 17.3 Å². The molecule has 1 atom stereocenters. The molecule has 0 bridgehead atoms. The fourth-order valence-corrected chi connectivity index (χ4v) is 2.30. The van der Waals surface area contributed by atoms with Crippen LogP contribution in [0.25, 0.3) is 0 Å². The highest BCUT2D eigenvalue weighted by molar-refractivity contribution is 7.98. The van der Waals surface area contributed by atoms with Crippen LogP contribution in [0.5, 0.6) is 0 Å². The van der Waals surface area contributed by atoms with Crippen LogP contribution >= 0.6 is 11.8 Å². The second-order valence-electron chi connectivity index (χ2n) is 4.04. The number of amides is 1. The van der Waals surface area contributed by atoms with E-state index in [1.165, 1.54) is 6.07 Å². The highest BCUT2D eigenvalue weighted by Gasteiger charge is 2.24. The predicted octanol–water partition coefficient (Wildman–Crippen LogP) is 2.12. The summed E-state index contributed by atoms with van der Waals surface area (Å²) in [5.74, 6) is 0.330. The first-order valence-corrected chi connectivity index (χ1v) is 7.15. The van der Waals surface area contributed by atoms with Crippen molar-refractivity contribution in [1.82, 2.24) is 5.32 Å². The van der Waals surface area contributed by atoms with Gasteiger partial charge in [-0.15, -0.1) is 0 Å². The van der Waals surface area contributed by atoms with Crippen LogP contribution in [-0.4, -0.2) is 35.9 Å². The molecule has 104 valence electrons. The van der Waals surface area contributed by atoms with Crippen LogP contribution in [-0.2, 0) is 0 Å².